The van der Waals surface area contributed by atoms with Gasteiger partial charge >= 0.3 is 5.97 Å². The molecule has 1 heterocycles. The molecule has 0 radical (unpaired) electrons. The van der Waals surface area contributed by atoms with Crippen LogP contribution >= 0.6 is 0 Å². The van der Waals surface area contributed by atoms with Crippen molar-refractivity contribution in [2.75, 3.05) is 40.0 Å². The molecule has 8 nitrogen and oxygen atoms in total. The molecular formula is C17H24N2O6S. The summed E-state index contributed by atoms with van der Waals surface area (Å²) in [7, 11) is -2.27. The summed E-state index contributed by atoms with van der Waals surface area (Å²) >= 11 is 0. The van der Waals surface area contributed by atoms with Crippen LogP contribution in [0.2, 0.25) is 0 Å². The number of piperidine rings is 1. The number of esters is 1. The van der Waals surface area contributed by atoms with Gasteiger partial charge in [0, 0.05) is 26.7 Å². The number of nitrogens with one attached hydrogen (secondary N) is 1. The monoisotopic (exact) mass is 384 g/mol. The number of sulfonamides is 1. The molecule has 144 valence electrons. The number of rotatable bonds is 8. The van der Waals surface area contributed by atoms with E-state index in [9.17, 15) is 18.0 Å². The average Bonchev–Trinajstić information content (AvgIpc) is 2.67. The number of hydrogen-bond donors (Lipinski definition) is 1. The van der Waals surface area contributed by atoms with E-state index >= 15 is 0 Å². The van der Waals surface area contributed by atoms with Crippen molar-refractivity contribution >= 4 is 21.9 Å². The largest absolute Gasteiger partial charge is 0.452 e. The lowest BCUT2D eigenvalue weighted by molar-refractivity contribution is -0.124. The molecule has 1 aromatic carbocycles. The number of methoxy groups -OCH3 is 1. The Morgan fingerprint density at radius 2 is 1.85 bits per heavy atom. The van der Waals surface area contributed by atoms with Crippen LogP contribution in [0.3, 0.4) is 0 Å². The fraction of sp³-hybridized carbons (Fsp3) is 0.529. The number of hydrogen-bond acceptors (Lipinski definition) is 6. The van der Waals surface area contributed by atoms with Gasteiger partial charge in [0.1, 0.15) is 0 Å². The number of carbonyl (C=O) groups excluding carboxylic acids is 2. The molecule has 1 saturated heterocycles. The van der Waals surface area contributed by atoms with Crippen LogP contribution in [0.15, 0.2) is 29.2 Å². The van der Waals surface area contributed by atoms with Crippen LogP contribution < -0.4 is 5.32 Å². The Labute approximate surface area is 153 Å². The zero-order valence-corrected chi connectivity index (χ0v) is 15.6. The summed E-state index contributed by atoms with van der Waals surface area (Å²) in [6, 6.07) is 5.90. The fourth-order valence-electron chi connectivity index (χ4n) is 2.66. The zero-order valence-electron chi connectivity index (χ0n) is 14.8. The van der Waals surface area contributed by atoms with Crippen molar-refractivity contribution in [3.63, 3.8) is 0 Å². The van der Waals surface area contributed by atoms with Gasteiger partial charge in [0.05, 0.1) is 17.1 Å². The highest BCUT2D eigenvalue weighted by molar-refractivity contribution is 7.89. The van der Waals surface area contributed by atoms with E-state index in [1.165, 1.54) is 23.5 Å². The maximum atomic E-state index is 12.9. The summed E-state index contributed by atoms with van der Waals surface area (Å²) in [6.45, 7) is 1.03. The van der Waals surface area contributed by atoms with Crippen LogP contribution in [-0.4, -0.2) is 64.6 Å². The average molecular weight is 384 g/mol. The number of benzene rings is 1. The maximum Gasteiger partial charge on any atom is 0.340 e. The third-order valence-corrected chi connectivity index (χ3v) is 5.96. The van der Waals surface area contributed by atoms with Crippen molar-refractivity contribution < 1.29 is 27.5 Å². The van der Waals surface area contributed by atoms with Gasteiger partial charge in [-0.3, -0.25) is 4.79 Å². The number of ether oxygens (including phenoxy) is 2. The molecule has 1 N–H and O–H groups in total. The molecule has 0 aliphatic carbocycles. The molecule has 0 spiro atoms. The molecule has 2 rings (SSSR count). The lowest BCUT2D eigenvalue weighted by Crippen LogP contribution is -2.36. The Morgan fingerprint density at radius 3 is 2.54 bits per heavy atom. The van der Waals surface area contributed by atoms with Crippen LogP contribution in [0.5, 0.6) is 0 Å². The predicted molar refractivity (Wildman–Crippen MR) is 94.2 cm³/mol. The Balaban J connectivity index is 2.08. The van der Waals surface area contributed by atoms with Gasteiger partial charge in [-0.15, -0.1) is 0 Å². The van der Waals surface area contributed by atoms with E-state index in [2.05, 4.69) is 5.32 Å². The number of carbonyl (C=O) groups is 2. The minimum atomic E-state index is -3.78. The second-order valence-electron chi connectivity index (χ2n) is 5.88. The van der Waals surface area contributed by atoms with Crippen LogP contribution in [0.1, 0.15) is 29.6 Å². The van der Waals surface area contributed by atoms with E-state index in [1.54, 1.807) is 12.1 Å². The first-order valence-corrected chi connectivity index (χ1v) is 9.92. The molecule has 1 amide bonds. The second kappa shape index (κ2) is 9.65. The molecular weight excluding hydrogens is 360 g/mol. The van der Waals surface area contributed by atoms with E-state index in [1.807, 2.05) is 0 Å². The molecule has 0 saturated carbocycles. The van der Waals surface area contributed by atoms with Gasteiger partial charge in [-0.05, 0) is 25.0 Å². The normalized spacial score (nSPS) is 15.4. The van der Waals surface area contributed by atoms with Crippen LogP contribution in [0, 0.1) is 0 Å². The first-order valence-electron chi connectivity index (χ1n) is 8.48. The van der Waals surface area contributed by atoms with Crippen LogP contribution in [0.25, 0.3) is 0 Å². The molecule has 1 aliphatic heterocycles. The summed E-state index contributed by atoms with van der Waals surface area (Å²) < 4.78 is 36.9. The summed E-state index contributed by atoms with van der Waals surface area (Å²) in [6.07, 6.45) is 2.59. The second-order valence-corrected chi connectivity index (χ2v) is 7.79. The number of nitrogens with zero attached hydrogens (tertiary/aromatic N) is 1. The first-order chi connectivity index (χ1) is 12.5. The summed E-state index contributed by atoms with van der Waals surface area (Å²) in [5.41, 5.74) is -0.0669. The minimum absolute atomic E-state index is 0.0669. The third-order valence-electron chi connectivity index (χ3n) is 4.00. The SMILES string of the molecule is COCCNC(=O)COC(=O)c1ccccc1S(=O)(=O)N1CCCCC1. The van der Waals surface area contributed by atoms with Gasteiger partial charge in [-0.25, -0.2) is 13.2 Å². The lowest BCUT2D eigenvalue weighted by Gasteiger charge is -2.26. The Kier molecular flexibility index (Phi) is 7.55. The molecule has 1 fully saturated rings. The lowest BCUT2D eigenvalue weighted by atomic mass is 10.2. The molecule has 26 heavy (non-hydrogen) atoms. The Morgan fingerprint density at radius 1 is 1.15 bits per heavy atom. The van der Waals surface area contributed by atoms with Gasteiger partial charge in [-0.2, -0.15) is 4.31 Å². The van der Waals surface area contributed by atoms with Crippen molar-refractivity contribution in [3.8, 4) is 0 Å². The number of amides is 1. The third kappa shape index (κ3) is 5.26. The molecule has 1 aromatic rings. The van der Waals surface area contributed by atoms with Crippen molar-refractivity contribution in [1.29, 1.82) is 0 Å². The standard InChI is InChI=1S/C17H24N2O6S/c1-24-12-9-18-16(20)13-25-17(21)14-7-3-4-8-15(14)26(22,23)19-10-5-2-6-11-19/h3-4,7-8H,2,5-6,9-13H2,1H3,(H,18,20). The van der Waals surface area contributed by atoms with E-state index in [0.29, 0.717) is 26.2 Å². The summed E-state index contributed by atoms with van der Waals surface area (Å²) in [5.74, 6) is -1.32. The van der Waals surface area contributed by atoms with Crippen molar-refractivity contribution in [2.24, 2.45) is 0 Å². The molecule has 9 heteroatoms. The van der Waals surface area contributed by atoms with Crippen molar-refractivity contribution in [3.05, 3.63) is 29.8 Å². The Bertz CT molecular complexity index is 729. The van der Waals surface area contributed by atoms with Crippen molar-refractivity contribution in [2.45, 2.75) is 24.2 Å². The summed E-state index contributed by atoms with van der Waals surface area (Å²) in [5, 5.41) is 2.52. The highest BCUT2D eigenvalue weighted by Gasteiger charge is 2.30. The quantitative estimate of drug-likeness (QED) is 0.525. The molecule has 1 aliphatic rings. The molecule has 0 unspecified atom stereocenters. The topological polar surface area (TPSA) is 102 Å². The van der Waals surface area contributed by atoms with Crippen LogP contribution in [0.4, 0.5) is 0 Å². The minimum Gasteiger partial charge on any atom is -0.452 e. The summed E-state index contributed by atoms with van der Waals surface area (Å²) in [4.78, 5) is 23.8. The van der Waals surface area contributed by atoms with E-state index in [-0.39, 0.29) is 10.5 Å². The first kappa shape index (κ1) is 20.3. The highest BCUT2D eigenvalue weighted by Crippen LogP contribution is 2.24. The molecule has 0 aromatic heterocycles. The smallest absolute Gasteiger partial charge is 0.340 e. The maximum absolute atomic E-state index is 12.9. The van der Waals surface area contributed by atoms with E-state index < -0.39 is 28.5 Å². The highest BCUT2D eigenvalue weighted by atomic mass is 32.2. The molecule has 0 bridgehead atoms. The van der Waals surface area contributed by atoms with Gasteiger partial charge < -0.3 is 14.8 Å². The van der Waals surface area contributed by atoms with E-state index in [4.69, 9.17) is 9.47 Å². The van der Waals surface area contributed by atoms with Crippen molar-refractivity contribution in [1.82, 2.24) is 9.62 Å². The van der Waals surface area contributed by atoms with E-state index in [0.717, 1.165) is 19.3 Å². The van der Waals surface area contributed by atoms with Crippen LogP contribution in [-0.2, 0) is 24.3 Å². The molecule has 0 atom stereocenters. The zero-order chi connectivity index (χ0) is 19.0. The van der Waals surface area contributed by atoms with Gasteiger partial charge in [0.15, 0.2) is 6.61 Å². The van der Waals surface area contributed by atoms with Gasteiger partial charge in [-0.1, -0.05) is 18.6 Å². The van der Waals surface area contributed by atoms with Gasteiger partial charge in [0.25, 0.3) is 5.91 Å². The predicted octanol–water partition coefficient (Wildman–Crippen LogP) is 0.781. The fourth-order valence-corrected chi connectivity index (χ4v) is 4.35. The Hall–Kier alpha value is -1.97. The van der Waals surface area contributed by atoms with Gasteiger partial charge in [0.2, 0.25) is 10.0 Å².